The molecule has 162 valence electrons. The summed E-state index contributed by atoms with van der Waals surface area (Å²) < 4.78 is 5.93. The van der Waals surface area contributed by atoms with E-state index in [1.54, 1.807) is 6.07 Å². The minimum absolute atomic E-state index is 0.230. The summed E-state index contributed by atoms with van der Waals surface area (Å²) in [7, 11) is 0. The van der Waals surface area contributed by atoms with Crippen LogP contribution in [0.2, 0.25) is 0 Å². The van der Waals surface area contributed by atoms with Crippen LogP contribution in [0.15, 0.2) is 83.3 Å². The molecule has 0 atom stereocenters. The highest BCUT2D eigenvalue weighted by molar-refractivity contribution is 7.80. The third-order valence-electron chi connectivity index (χ3n) is 5.65. The Morgan fingerprint density at radius 1 is 0.909 bits per heavy atom. The van der Waals surface area contributed by atoms with Crippen LogP contribution < -0.4 is 10.6 Å². The van der Waals surface area contributed by atoms with E-state index in [1.807, 2.05) is 72.8 Å². The maximum absolute atomic E-state index is 12.8. The Bertz CT molecular complexity index is 1480. The molecular weight excluding hydrogens is 430 g/mol. The van der Waals surface area contributed by atoms with Crippen molar-refractivity contribution in [2.24, 2.45) is 0 Å². The van der Waals surface area contributed by atoms with E-state index >= 15 is 0 Å². The van der Waals surface area contributed by atoms with Crippen molar-refractivity contribution in [2.75, 3.05) is 5.32 Å². The molecular formula is C27H21N3O2S. The molecule has 0 bridgehead atoms. The number of oxazole rings is 1. The van der Waals surface area contributed by atoms with E-state index in [4.69, 9.17) is 16.6 Å². The summed E-state index contributed by atoms with van der Waals surface area (Å²) in [5.74, 6) is 0.311. The Labute approximate surface area is 196 Å². The van der Waals surface area contributed by atoms with Gasteiger partial charge in [-0.1, -0.05) is 36.4 Å². The molecule has 0 unspecified atom stereocenters. The van der Waals surface area contributed by atoms with Crippen LogP contribution in [-0.4, -0.2) is 16.0 Å². The van der Waals surface area contributed by atoms with Crippen molar-refractivity contribution in [3.8, 4) is 11.5 Å². The van der Waals surface area contributed by atoms with Crippen LogP contribution in [0.25, 0.3) is 33.3 Å². The molecule has 0 spiro atoms. The molecule has 0 aliphatic heterocycles. The molecule has 6 heteroatoms. The number of thiocarbonyl (C=S) groups is 1. The zero-order valence-corrected chi connectivity index (χ0v) is 19.0. The van der Waals surface area contributed by atoms with Crippen molar-refractivity contribution in [3.05, 3.63) is 95.6 Å². The Morgan fingerprint density at radius 3 is 2.45 bits per heavy atom. The number of nitrogens with zero attached hydrogens (tertiary/aromatic N) is 1. The van der Waals surface area contributed by atoms with E-state index in [0.29, 0.717) is 11.5 Å². The van der Waals surface area contributed by atoms with Crippen molar-refractivity contribution >= 4 is 50.8 Å². The summed E-state index contributed by atoms with van der Waals surface area (Å²) in [6, 6.07) is 25.0. The zero-order chi connectivity index (χ0) is 22.9. The number of amides is 1. The van der Waals surface area contributed by atoms with Gasteiger partial charge in [-0.05, 0) is 90.4 Å². The number of hydrogen-bond acceptors (Lipinski definition) is 4. The molecule has 1 aromatic heterocycles. The fourth-order valence-electron chi connectivity index (χ4n) is 3.76. The van der Waals surface area contributed by atoms with Crippen LogP contribution in [0.3, 0.4) is 0 Å². The van der Waals surface area contributed by atoms with E-state index in [-0.39, 0.29) is 11.0 Å². The Morgan fingerprint density at radius 2 is 1.64 bits per heavy atom. The number of nitrogens with one attached hydrogen (secondary N) is 2. The van der Waals surface area contributed by atoms with E-state index in [9.17, 15) is 4.79 Å². The van der Waals surface area contributed by atoms with E-state index < -0.39 is 0 Å². The summed E-state index contributed by atoms with van der Waals surface area (Å²) in [4.78, 5) is 17.4. The number of anilines is 1. The molecule has 0 saturated heterocycles. The first-order valence-corrected chi connectivity index (χ1v) is 11.0. The van der Waals surface area contributed by atoms with Gasteiger partial charge >= 0.3 is 0 Å². The highest BCUT2D eigenvalue weighted by atomic mass is 32.1. The molecule has 1 amide bonds. The Balaban J connectivity index is 1.29. The normalized spacial score (nSPS) is 11.0. The molecule has 0 aliphatic carbocycles. The van der Waals surface area contributed by atoms with Gasteiger partial charge in [0.15, 0.2) is 10.7 Å². The van der Waals surface area contributed by atoms with Gasteiger partial charge in [-0.3, -0.25) is 10.1 Å². The van der Waals surface area contributed by atoms with Gasteiger partial charge < -0.3 is 9.73 Å². The van der Waals surface area contributed by atoms with Gasteiger partial charge in [0.25, 0.3) is 5.91 Å². The smallest absolute Gasteiger partial charge is 0.258 e. The van der Waals surface area contributed by atoms with Crippen LogP contribution in [-0.2, 0) is 0 Å². The number of benzene rings is 4. The Kier molecular flexibility index (Phi) is 5.36. The second-order valence-corrected chi connectivity index (χ2v) is 8.34. The number of carbonyl (C=O) groups is 1. The van der Waals surface area contributed by atoms with Crippen molar-refractivity contribution in [1.82, 2.24) is 10.3 Å². The van der Waals surface area contributed by atoms with Crippen molar-refractivity contribution in [3.63, 3.8) is 0 Å². The molecule has 4 aromatic carbocycles. The van der Waals surface area contributed by atoms with Crippen LogP contribution in [0.5, 0.6) is 0 Å². The van der Waals surface area contributed by atoms with Crippen LogP contribution >= 0.6 is 12.2 Å². The molecule has 1 heterocycles. The minimum Gasteiger partial charge on any atom is -0.436 e. The first kappa shape index (κ1) is 20.8. The predicted molar refractivity (Wildman–Crippen MR) is 137 cm³/mol. The number of aryl methyl sites for hydroxylation is 2. The summed E-state index contributed by atoms with van der Waals surface area (Å²) in [5.41, 5.74) is 6.15. The van der Waals surface area contributed by atoms with Crippen LogP contribution in [0.4, 0.5) is 5.69 Å². The molecule has 5 nitrogen and oxygen atoms in total. The SMILES string of the molecule is Cc1cc2nc(-c3ccc(NC(=S)NC(=O)c4cccc5ccccc45)cc3)oc2cc1C. The lowest BCUT2D eigenvalue weighted by molar-refractivity contribution is 0.0979. The fourth-order valence-corrected chi connectivity index (χ4v) is 3.97. The van der Waals surface area contributed by atoms with E-state index in [2.05, 4.69) is 29.5 Å². The maximum atomic E-state index is 12.8. The monoisotopic (exact) mass is 451 g/mol. The summed E-state index contributed by atoms with van der Waals surface area (Å²) in [6.45, 7) is 4.12. The zero-order valence-electron chi connectivity index (χ0n) is 18.2. The summed E-state index contributed by atoms with van der Waals surface area (Å²) >= 11 is 5.36. The maximum Gasteiger partial charge on any atom is 0.258 e. The standard InChI is InChI=1S/C27H21N3O2S/c1-16-14-23-24(15-17(16)2)32-26(29-23)19-10-12-20(13-11-19)28-27(33)30-25(31)22-9-5-7-18-6-3-4-8-21(18)22/h3-15H,1-2H3,(H2,28,30,31,33). The van der Waals surface area contributed by atoms with Gasteiger partial charge in [-0.2, -0.15) is 0 Å². The number of aromatic nitrogens is 1. The average Bonchev–Trinajstić information content (AvgIpc) is 3.22. The fraction of sp³-hybridized carbons (Fsp3) is 0.0741. The quantitative estimate of drug-likeness (QED) is 0.311. The van der Waals surface area contributed by atoms with E-state index in [1.165, 1.54) is 11.1 Å². The minimum atomic E-state index is -0.252. The molecule has 5 aromatic rings. The largest absolute Gasteiger partial charge is 0.436 e. The van der Waals surface area contributed by atoms with Gasteiger partial charge in [-0.25, -0.2) is 4.98 Å². The number of carbonyl (C=O) groups excluding carboxylic acids is 1. The van der Waals surface area contributed by atoms with Crippen molar-refractivity contribution in [2.45, 2.75) is 13.8 Å². The highest BCUT2D eigenvalue weighted by Crippen LogP contribution is 2.27. The lowest BCUT2D eigenvalue weighted by Crippen LogP contribution is -2.34. The van der Waals surface area contributed by atoms with Crippen molar-refractivity contribution in [1.29, 1.82) is 0 Å². The van der Waals surface area contributed by atoms with Gasteiger partial charge in [0, 0.05) is 16.8 Å². The molecule has 2 N–H and O–H groups in total. The first-order chi connectivity index (χ1) is 16.0. The lowest BCUT2D eigenvalue weighted by Gasteiger charge is -2.11. The lowest BCUT2D eigenvalue weighted by atomic mass is 10.0. The number of rotatable bonds is 3. The number of fused-ring (bicyclic) bond motifs is 2. The van der Waals surface area contributed by atoms with Crippen molar-refractivity contribution < 1.29 is 9.21 Å². The average molecular weight is 452 g/mol. The summed E-state index contributed by atoms with van der Waals surface area (Å²) in [5, 5.41) is 7.94. The molecule has 5 rings (SSSR count). The highest BCUT2D eigenvalue weighted by Gasteiger charge is 2.12. The topological polar surface area (TPSA) is 67.2 Å². The second-order valence-electron chi connectivity index (χ2n) is 7.94. The second kappa shape index (κ2) is 8.48. The predicted octanol–water partition coefficient (Wildman–Crippen LogP) is 6.39. The molecule has 0 saturated carbocycles. The van der Waals surface area contributed by atoms with E-state index in [0.717, 1.165) is 33.1 Å². The van der Waals surface area contributed by atoms with Gasteiger partial charge in [-0.15, -0.1) is 0 Å². The van der Waals surface area contributed by atoms with Crippen LogP contribution in [0.1, 0.15) is 21.5 Å². The third kappa shape index (κ3) is 4.21. The number of hydrogen-bond donors (Lipinski definition) is 2. The molecule has 0 aliphatic rings. The van der Waals surface area contributed by atoms with Gasteiger partial charge in [0.1, 0.15) is 5.52 Å². The van der Waals surface area contributed by atoms with Gasteiger partial charge in [0.2, 0.25) is 5.89 Å². The Hall–Kier alpha value is -4.03. The first-order valence-electron chi connectivity index (χ1n) is 10.6. The van der Waals surface area contributed by atoms with Gasteiger partial charge in [0.05, 0.1) is 0 Å². The molecule has 0 fully saturated rings. The van der Waals surface area contributed by atoms with Crippen LogP contribution in [0, 0.1) is 13.8 Å². The molecule has 0 radical (unpaired) electrons. The molecule has 33 heavy (non-hydrogen) atoms. The summed E-state index contributed by atoms with van der Waals surface area (Å²) in [6.07, 6.45) is 0. The third-order valence-corrected chi connectivity index (χ3v) is 5.86.